The molecule has 0 aromatic heterocycles. The summed E-state index contributed by atoms with van der Waals surface area (Å²) in [6.45, 7) is 7.26. The van der Waals surface area contributed by atoms with Gasteiger partial charge in [-0.1, -0.05) is 12.1 Å². The highest BCUT2D eigenvalue weighted by molar-refractivity contribution is 5.95. The highest BCUT2D eigenvalue weighted by Crippen LogP contribution is 2.29. The second kappa shape index (κ2) is 12.0. The van der Waals surface area contributed by atoms with Crippen LogP contribution in [0.3, 0.4) is 0 Å². The van der Waals surface area contributed by atoms with Crippen LogP contribution in [-0.4, -0.2) is 60.5 Å². The molecule has 2 aromatic rings. The molecule has 0 radical (unpaired) electrons. The number of aliphatic hydroxyl groups is 1. The van der Waals surface area contributed by atoms with Gasteiger partial charge in [-0.2, -0.15) is 0 Å². The first-order valence-corrected chi connectivity index (χ1v) is 12.2. The second-order valence-corrected chi connectivity index (χ2v) is 9.11. The van der Waals surface area contributed by atoms with Gasteiger partial charge in [0.05, 0.1) is 34.7 Å². The van der Waals surface area contributed by atoms with Crippen molar-refractivity contribution in [3.8, 4) is 0 Å². The molecule has 2 fully saturated rings. The topological polar surface area (TPSA) is 111 Å². The van der Waals surface area contributed by atoms with E-state index in [1.54, 1.807) is 38.3 Å². The van der Waals surface area contributed by atoms with Crippen molar-refractivity contribution < 1.29 is 29.6 Å². The average Bonchev–Trinajstić information content (AvgIpc) is 3.58. The Balaban J connectivity index is 0.000000196. The third-order valence-corrected chi connectivity index (χ3v) is 6.70. The number of hydrogen-bond donors (Lipinski definition) is 3. The van der Waals surface area contributed by atoms with E-state index < -0.39 is 18.0 Å². The minimum atomic E-state index is -0.936. The Morgan fingerprint density at radius 1 is 0.771 bits per heavy atom. The molecule has 4 rings (SSSR count). The summed E-state index contributed by atoms with van der Waals surface area (Å²) in [5.41, 5.74) is 3.79. The summed E-state index contributed by atoms with van der Waals surface area (Å²) in [6.07, 6.45) is 3.76. The van der Waals surface area contributed by atoms with E-state index in [1.807, 2.05) is 19.1 Å². The van der Waals surface area contributed by atoms with E-state index in [4.69, 9.17) is 4.74 Å². The summed E-state index contributed by atoms with van der Waals surface area (Å²) in [4.78, 5) is 26.9. The number of anilines is 2. The maximum absolute atomic E-state index is 11.4. The van der Waals surface area contributed by atoms with Crippen LogP contribution in [0, 0.1) is 0 Å². The predicted molar refractivity (Wildman–Crippen MR) is 136 cm³/mol. The maximum atomic E-state index is 11.4. The molecular formula is C27H36N2O6. The van der Waals surface area contributed by atoms with Gasteiger partial charge in [-0.3, -0.25) is 0 Å². The molecule has 3 N–H and O–H groups in total. The van der Waals surface area contributed by atoms with Crippen molar-refractivity contribution >= 4 is 23.3 Å². The number of hydrogen-bond acceptors (Lipinski definition) is 6. The summed E-state index contributed by atoms with van der Waals surface area (Å²) in [7, 11) is 1.62. The van der Waals surface area contributed by atoms with Crippen LogP contribution in [0.5, 0.6) is 0 Å². The molecular weight excluding hydrogens is 448 g/mol. The van der Waals surface area contributed by atoms with Gasteiger partial charge >= 0.3 is 11.9 Å². The van der Waals surface area contributed by atoms with E-state index >= 15 is 0 Å². The molecule has 0 spiro atoms. The zero-order valence-corrected chi connectivity index (χ0v) is 20.7. The second-order valence-electron chi connectivity index (χ2n) is 9.11. The van der Waals surface area contributed by atoms with Crippen LogP contribution in [0.1, 0.15) is 83.6 Å². The van der Waals surface area contributed by atoms with Gasteiger partial charge in [-0.15, -0.1) is 0 Å². The zero-order valence-electron chi connectivity index (χ0n) is 20.7. The smallest absolute Gasteiger partial charge is 0.337 e. The first kappa shape index (κ1) is 26.5. The number of carboxylic acids is 2. The van der Waals surface area contributed by atoms with E-state index in [-0.39, 0.29) is 11.7 Å². The van der Waals surface area contributed by atoms with Crippen molar-refractivity contribution in [3.05, 3.63) is 58.7 Å². The van der Waals surface area contributed by atoms with Crippen LogP contribution in [0.15, 0.2) is 36.4 Å². The summed E-state index contributed by atoms with van der Waals surface area (Å²) in [5.74, 6) is -1.81. The van der Waals surface area contributed by atoms with E-state index in [1.165, 1.54) is 0 Å². The van der Waals surface area contributed by atoms with Crippen LogP contribution >= 0.6 is 0 Å². The minimum Gasteiger partial charge on any atom is -0.478 e. The molecule has 2 heterocycles. The Morgan fingerprint density at radius 3 is 1.54 bits per heavy atom. The summed E-state index contributed by atoms with van der Waals surface area (Å²) in [6, 6.07) is 10.8. The van der Waals surface area contributed by atoms with Crippen molar-refractivity contribution in [2.75, 3.05) is 43.1 Å². The van der Waals surface area contributed by atoms with Gasteiger partial charge in [0.1, 0.15) is 0 Å². The van der Waals surface area contributed by atoms with Crippen molar-refractivity contribution in [2.24, 2.45) is 0 Å². The van der Waals surface area contributed by atoms with E-state index in [0.29, 0.717) is 11.1 Å². The zero-order chi connectivity index (χ0) is 25.5. The lowest BCUT2D eigenvalue weighted by molar-refractivity contribution is 0.0686. The van der Waals surface area contributed by atoms with Crippen LogP contribution in [-0.2, 0) is 4.74 Å². The molecule has 0 amide bonds. The molecule has 2 aliphatic rings. The summed E-state index contributed by atoms with van der Waals surface area (Å²) in [5, 5.41) is 28.0. The third-order valence-electron chi connectivity index (χ3n) is 6.70. The van der Waals surface area contributed by atoms with Crippen molar-refractivity contribution in [2.45, 2.75) is 51.7 Å². The standard InChI is InChI=1S/C14H19NO3.C13H17NO3/c1-10(18-2)11-5-6-13(12(9-11)14(16)17)15-7-3-4-8-15;1-9(15)10-4-5-12(11(8-10)13(16)17)14-6-2-3-7-14/h5-6,9-10H,3-4,7-8H2,1-2H3,(H,16,17);4-5,8-9,15H,2-3,6-7H2,1H3,(H,16,17). The van der Waals surface area contributed by atoms with Crippen molar-refractivity contribution in [1.29, 1.82) is 0 Å². The third kappa shape index (κ3) is 6.52. The number of ether oxygens (including phenoxy) is 1. The van der Waals surface area contributed by atoms with Gasteiger partial charge in [0.2, 0.25) is 0 Å². The van der Waals surface area contributed by atoms with Crippen LogP contribution in [0.25, 0.3) is 0 Å². The average molecular weight is 485 g/mol. The van der Waals surface area contributed by atoms with E-state index in [0.717, 1.165) is 68.8 Å². The van der Waals surface area contributed by atoms with Gasteiger partial charge in [0, 0.05) is 33.3 Å². The number of methoxy groups -OCH3 is 1. The van der Waals surface area contributed by atoms with Crippen molar-refractivity contribution in [3.63, 3.8) is 0 Å². The van der Waals surface area contributed by atoms with Gasteiger partial charge in [-0.25, -0.2) is 9.59 Å². The van der Waals surface area contributed by atoms with Crippen molar-refractivity contribution in [1.82, 2.24) is 0 Å². The molecule has 0 aliphatic carbocycles. The number of nitrogens with zero attached hydrogens (tertiary/aromatic N) is 2. The highest BCUT2D eigenvalue weighted by Gasteiger charge is 2.21. The lowest BCUT2D eigenvalue weighted by Gasteiger charge is -2.21. The Bertz CT molecular complexity index is 1030. The van der Waals surface area contributed by atoms with Crippen LogP contribution < -0.4 is 9.80 Å². The van der Waals surface area contributed by atoms with Crippen LogP contribution in [0.4, 0.5) is 11.4 Å². The fourth-order valence-electron chi connectivity index (χ4n) is 4.57. The Labute approximate surface area is 206 Å². The quantitative estimate of drug-likeness (QED) is 0.517. The number of aliphatic hydroxyl groups excluding tert-OH is 1. The SMILES string of the molecule is CC(O)c1ccc(N2CCCC2)c(C(=O)O)c1.COC(C)c1ccc(N2CCCC2)c(C(=O)O)c1. The number of aromatic carboxylic acids is 2. The van der Waals surface area contributed by atoms with Gasteiger partial charge in [0.25, 0.3) is 0 Å². The number of benzene rings is 2. The molecule has 2 aliphatic heterocycles. The first-order valence-electron chi connectivity index (χ1n) is 12.2. The van der Waals surface area contributed by atoms with Gasteiger partial charge in [-0.05, 0) is 74.9 Å². The largest absolute Gasteiger partial charge is 0.478 e. The Kier molecular flexibility index (Phi) is 9.12. The first-order chi connectivity index (χ1) is 16.7. The maximum Gasteiger partial charge on any atom is 0.337 e. The fourth-order valence-corrected chi connectivity index (χ4v) is 4.57. The number of carboxylic acid groups (broad SMARTS) is 2. The fraction of sp³-hybridized carbons (Fsp3) is 0.481. The minimum absolute atomic E-state index is 0.0873. The molecule has 2 unspecified atom stereocenters. The molecule has 35 heavy (non-hydrogen) atoms. The van der Waals surface area contributed by atoms with Gasteiger partial charge < -0.3 is 29.9 Å². The highest BCUT2D eigenvalue weighted by atomic mass is 16.5. The lowest BCUT2D eigenvalue weighted by atomic mass is 10.0. The molecule has 0 bridgehead atoms. The Morgan fingerprint density at radius 2 is 1.17 bits per heavy atom. The normalized spacial score (nSPS) is 17.0. The summed E-state index contributed by atoms with van der Waals surface area (Å²) < 4.78 is 5.23. The lowest BCUT2D eigenvalue weighted by Crippen LogP contribution is -2.21. The predicted octanol–water partition coefficient (Wildman–Crippen LogP) is 4.73. The van der Waals surface area contributed by atoms with Gasteiger partial charge in [0.15, 0.2) is 0 Å². The molecule has 190 valence electrons. The van der Waals surface area contributed by atoms with E-state index in [2.05, 4.69) is 9.80 Å². The monoisotopic (exact) mass is 484 g/mol. The molecule has 8 nitrogen and oxygen atoms in total. The number of rotatable bonds is 7. The molecule has 2 atom stereocenters. The molecule has 2 aromatic carbocycles. The van der Waals surface area contributed by atoms with Crippen LogP contribution in [0.2, 0.25) is 0 Å². The molecule has 8 heteroatoms. The molecule has 2 saturated heterocycles. The molecule has 0 saturated carbocycles. The Hall–Kier alpha value is -3.10. The van der Waals surface area contributed by atoms with E-state index in [9.17, 15) is 24.9 Å². The number of carbonyl (C=O) groups is 2. The summed E-state index contributed by atoms with van der Waals surface area (Å²) >= 11 is 0.